The molecule has 1 amide bonds. The van der Waals surface area contributed by atoms with E-state index in [1.807, 2.05) is 0 Å². The molecule has 2 rings (SSSR count). The first kappa shape index (κ1) is 17.6. The summed E-state index contributed by atoms with van der Waals surface area (Å²) in [6.45, 7) is 8.25. The molecule has 1 heterocycles. The van der Waals surface area contributed by atoms with Gasteiger partial charge in [0.2, 0.25) is 0 Å². The van der Waals surface area contributed by atoms with Crippen LogP contribution in [0.25, 0.3) is 0 Å². The van der Waals surface area contributed by atoms with Gasteiger partial charge in [0.15, 0.2) is 0 Å². The predicted molar refractivity (Wildman–Crippen MR) is 95.3 cm³/mol. The van der Waals surface area contributed by atoms with Crippen molar-refractivity contribution in [3.8, 4) is 0 Å². The third-order valence-electron chi connectivity index (χ3n) is 3.90. The van der Waals surface area contributed by atoms with Crippen LogP contribution in [-0.4, -0.2) is 24.0 Å². The fourth-order valence-electron chi connectivity index (χ4n) is 2.38. The number of benzene rings is 1. The Kier molecular flexibility index (Phi) is 6.74. The molecule has 1 aromatic carbocycles. The number of nitrogens with one attached hydrogen (secondary N) is 2. The molecule has 5 heteroatoms. The summed E-state index contributed by atoms with van der Waals surface area (Å²) in [5, 5.41) is 2.92. The second-order valence-electron chi connectivity index (χ2n) is 5.52. The molecule has 4 nitrogen and oxygen atoms in total. The van der Waals surface area contributed by atoms with Crippen LogP contribution in [0.1, 0.15) is 35.3 Å². The monoisotopic (exact) mass is 376 g/mol. The molecule has 2 aromatic rings. The third kappa shape index (κ3) is 5.44. The topological polar surface area (TPSA) is 46.4 Å². The smallest absolute Gasteiger partial charge is 0.253 e. The Balaban J connectivity index is 1.90. The Morgan fingerprint density at radius 2 is 1.78 bits per heavy atom. The van der Waals surface area contributed by atoms with Crippen LogP contribution in [0.3, 0.4) is 0 Å². The summed E-state index contributed by atoms with van der Waals surface area (Å²) in [6, 6.07) is 10.2. The highest BCUT2D eigenvalue weighted by atomic mass is 79.9. The van der Waals surface area contributed by atoms with Gasteiger partial charge in [-0.1, -0.05) is 24.3 Å². The van der Waals surface area contributed by atoms with Crippen LogP contribution >= 0.6 is 15.9 Å². The number of hydrogen-bond donors (Lipinski definition) is 2. The summed E-state index contributed by atoms with van der Waals surface area (Å²) in [6.07, 6.45) is 3.23. The Hall–Kier alpha value is -1.72. The van der Waals surface area contributed by atoms with Gasteiger partial charge in [0.1, 0.15) is 6.54 Å². The number of carbonyl (C=O) groups excluding carboxylic acids is 1. The number of aromatic nitrogens is 1. The fourth-order valence-corrected chi connectivity index (χ4v) is 2.75. The third-order valence-corrected chi connectivity index (χ3v) is 4.33. The van der Waals surface area contributed by atoms with Crippen molar-refractivity contribution in [1.82, 2.24) is 10.3 Å². The molecule has 0 saturated heterocycles. The standard InChI is InChI=1S/C18H22BrN3O/c1-3-22(4-2)13-15-7-5-14(6-8-15)10-21-18(23)16-9-17(19)12-20-11-16/h5-9,11-12H,3-4,10,13H2,1-2H3,(H,21,23)/p+1. The fraction of sp³-hybridized carbons (Fsp3) is 0.333. The predicted octanol–water partition coefficient (Wildman–Crippen LogP) is 2.20. The van der Waals surface area contributed by atoms with Crippen molar-refractivity contribution >= 4 is 21.8 Å². The highest BCUT2D eigenvalue weighted by molar-refractivity contribution is 9.10. The molecule has 0 bridgehead atoms. The lowest BCUT2D eigenvalue weighted by Crippen LogP contribution is -3.10. The van der Waals surface area contributed by atoms with Crippen LogP contribution in [0.4, 0.5) is 0 Å². The Morgan fingerprint density at radius 1 is 1.13 bits per heavy atom. The molecule has 0 atom stereocenters. The van der Waals surface area contributed by atoms with E-state index in [2.05, 4.69) is 64.3 Å². The summed E-state index contributed by atoms with van der Waals surface area (Å²) in [5.41, 5.74) is 2.98. The average Bonchev–Trinajstić information content (AvgIpc) is 2.58. The number of carbonyl (C=O) groups is 1. The molecule has 0 aliphatic heterocycles. The van der Waals surface area contributed by atoms with Gasteiger partial charge in [-0.3, -0.25) is 9.78 Å². The van der Waals surface area contributed by atoms with E-state index in [1.165, 1.54) is 5.56 Å². The number of quaternary nitrogens is 1. The van der Waals surface area contributed by atoms with Gasteiger partial charge in [0.05, 0.1) is 18.7 Å². The van der Waals surface area contributed by atoms with Crippen molar-refractivity contribution in [2.24, 2.45) is 0 Å². The van der Waals surface area contributed by atoms with Gasteiger partial charge in [-0.15, -0.1) is 0 Å². The molecule has 2 N–H and O–H groups in total. The molecule has 0 unspecified atom stereocenters. The van der Waals surface area contributed by atoms with E-state index in [1.54, 1.807) is 23.4 Å². The molecule has 23 heavy (non-hydrogen) atoms. The highest BCUT2D eigenvalue weighted by Gasteiger charge is 2.07. The Bertz CT molecular complexity index is 639. The molecule has 1 aromatic heterocycles. The van der Waals surface area contributed by atoms with Crippen LogP contribution in [0.5, 0.6) is 0 Å². The van der Waals surface area contributed by atoms with E-state index in [9.17, 15) is 4.79 Å². The molecule has 0 spiro atoms. The first-order chi connectivity index (χ1) is 11.1. The summed E-state index contributed by atoms with van der Waals surface area (Å²) >= 11 is 3.32. The number of amides is 1. The Labute approximate surface area is 146 Å². The quantitative estimate of drug-likeness (QED) is 0.777. The number of pyridine rings is 1. The van der Waals surface area contributed by atoms with Crippen molar-refractivity contribution in [3.63, 3.8) is 0 Å². The van der Waals surface area contributed by atoms with Gasteiger partial charge in [-0.2, -0.15) is 0 Å². The van der Waals surface area contributed by atoms with Gasteiger partial charge in [0.25, 0.3) is 5.91 Å². The van der Waals surface area contributed by atoms with E-state index < -0.39 is 0 Å². The number of hydrogen-bond acceptors (Lipinski definition) is 2. The SMILES string of the molecule is CC[NH+](CC)Cc1ccc(CNC(=O)c2cncc(Br)c2)cc1. The Morgan fingerprint density at radius 3 is 2.39 bits per heavy atom. The van der Waals surface area contributed by atoms with E-state index in [-0.39, 0.29) is 5.91 Å². The van der Waals surface area contributed by atoms with Crippen LogP contribution in [-0.2, 0) is 13.1 Å². The van der Waals surface area contributed by atoms with Crippen LogP contribution < -0.4 is 10.2 Å². The zero-order chi connectivity index (χ0) is 16.7. The van der Waals surface area contributed by atoms with Gasteiger partial charge in [-0.05, 0) is 41.4 Å². The molecule has 122 valence electrons. The zero-order valence-electron chi connectivity index (χ0n) is 13.6. The lowest BCUT2D eigenvalue weighted by atomic mass is 10.1. The lowest BCUT2D eigenvalue weighted by Gasteiger charge is -2.15. The average molecular weight is 377 g/mol. The largest absolute Gasteiger partial charge is 0.348 e. The van der Waals surface area contributed by atoms with Gasteiger partial charge in [0, 0.05) is 29.0 Å². The lowest BCUT2D eigenvalue weighted by molar-refractivity contribution is -0.910. The summed E-state index contributed by atoms with van der Waals surface area (Å²) < 4.78 is 0.799. The van der Waals surface area contributed by atoms with E-state index in [4.69, 9.17) is 0 Å². The van der Waals surface area contributed by atoms with Crippen LogP contribution in [0, 0.1) is 0 Å². The van der Waals surface area contributed by atoms with Crippen LogP contribution in [0.15, 0.2) is 47.2 Å². The normalized spacial score (nSPS) is 10.8. The zero-order valence-corrected chi connectivity index (χ0v) is 15.2. The number of nitrogens with zero attached hydrogens (tertiary/aromatic N) is 1. The molecule has 0 aliphatic rings. The van der Waals surface area contributed by atoms with Crippen molar-refractivity contribution in [1.29, 1.82) is 0 Å². The second-order valence-corrected chi connectivity index (χ2v) is 6.44. The summed E-state index contributed by atoms with van der Waals surface area (Å²) in [7, 11) is 0. The highest BCUT2D eigenvalue weighted by Crippen LogP contribution is 2.10. The maximum atomic E-state index is 12.1. The summed E-state index contributed by atoms with van der Waals surface area (Å²) in [4.78, 5) is 17.7. The van der Waals surface area contributed by atoms with Gasteiger partial charge in [-0.25, -0.2) is 0 Å². The van der Waals surface area contributed by atoms with E-state index >= 15 is 0 Å². The first-order valence-corrected chi connectivity index (χ1v) is 8.71. The maximum absolute atomic E-state index is 12.1. The molecular formula is C18H23BrN3O+. The molecule has 0 saturated carbocycles. The molecule has 0 fully saturated rings. The van der Waals surface area contributed by atoms with Crippen molar-refractivity contribution < 1.29 is 9.69 Å². The van der Waals surface area contributed by atoms with Crippen molar-refractivity contribution in [2.45, 2.75) is 26.9 Å². The van der Waals surface area contributed by atoms with E-state index in [0.717, 1.165) is 29.7 Å². The molecule has 0 aliphatic carbocycles. The number of rotatable bonds is 7. The minimum absolute atomic E-state index is 0.115. The van der Waals surface area contributed by atoms with E-state index in [0.29, 0.717) is 12.1 Å². The summed E-state index contributed by atoms with van der Waals surface area (Å²) in [5.74, 6) is -0.115. The van der Waals surface area contributed by atoms with Crippen LogP contribution in [0.2, 0.25) is 0 Å². The number of halogens is 1. The maximum Gasteiger partial charge on any atom is 0.253 e. The van der Waals surface area contributed by atoms with Gasteiger partial charge < -0.3 is 10.2 Å². The molecule has 0 radical (unpaired) electrons. The molecular weight excluding hydrogens is 354 g/mol. The first-order valence-electron chi connectivity index (χ1n) is 7.92. The minimum Gasteiger partial charge on any atom is -0.348 e. The van der Waals surface area contributed by atoms with Crippen molar-refractivity contribution in [2.75, 3.05) is 13.1 Å². The van der Waals surface area contributed by atoms with Gasteiger partial charge >= 0.3 is 0 Å². The van der Waals surface area contributed by atoms with Crippen molar-refractivity contribution in [3.05, 3.63) is 63.9 Å². The minimum atomic E-state index is -0.115. The second kappa shape index (κ2) is 8.79.